The number of carbonyl (C=O) groups excluding carboxylic acids is 2. The number of hydrogen-bond donors (Lipinski definition) is 1. The Balaban J connectivity index is 3.15. The summed E-state index contributed by atoms with van der Waals surface area (Å²) in [5.41, 5.74) is 0. The van der Waals surface area contributed by atoms with Gasteiger partial charge in [-0.3, -0.25) is 9.59 Å². The lowest BCUT2D eigenvalue weighted by molar-refractivity contribution is -0.154. The molecule has 0 bridgehead atoms. The Kier molecular flexibility index (Phi) is 26.0. The lowest BCUT2D eigenvalue weighted by atomic mass is 10.0. The quantitative estimate of drug-likeness (QED) is 0.0629. The molecule has 0 aliphatic carbocycles. The minimum atomic E-state index is -0.535. The van der Waals surface area contributed by atoms with Crippen molar-refractivity contribution in [2.45, 2.75) is 142 Å². The van der Waals surface area contributed by atoms with Crippen molar-refractivity contribution in [3.05, 3.63) is 0 Å². The van der Waals surface area contributed by atoms with Crippen molar-refractivity contribution in [2.75, 3.05) is 19.0 Å². The topological polar surface area (TPSA) is 52.6 Å². The van der Waals surface area contributed by atoms with Crippen molar-refractivity contribution in [3.63, 3.8) is 0 Å². The molecule has 0 amide bonds. The second kappa shape index (κ2) is 26.5. The third-order valence-electron chi connectivity index (χ3n) is 5.90. The summed E-state index contributed by atoms with van der Waals surface area (Å²) in [5, 5.41) is 0. The Morgan fingerprint density at radius 2 is 0.812 bits per heavy atom. The molecule has 0 radical (unpaired) electrons. The second-order valence-electron chi connectivity index (χ2n) is 9.06. The van der Waals surface area contributed by atoms with Crippen LogP contribution in [0.3, 0.4) is 0 Å². The smallest absolute Gasteiger partial charge is 0.317 e. The average Bonchev–Trinajstić information content (AvgIpc) is 2.78. The zero-order valence-corrected chi connectivity index (χ0v) is 21.9. The van der Waals surface area contributed by atoms with Crippen LogP contribution in [0.25, 0.3) is 0 Å². The molecule has 4 nitrogen and oxygen atoms in total. The van der Waals surface area contributed by atoms with Gasteiger partial charge in [0.25, 0.3) is 0 Å². The van der Waals surface area contributed by atoms with Crippen LogP contribution in [-0.4, -0.2) is 30.9 Å². The third kappa shape index (κ3) is 25.5. The van der Waals surface area contributed by atoms with Crippen LogP contribution in [0.15, 0.2) is 0 Å². The van der Waals surface area contributed by atoms with Crippen LogP contribution in [0.2, 0.25) is 0 Å². The van der Waals surface area contributed by atoms with Gasteiger partial charge in [0.05, 0.1) is 6.61 Å². The van der Waals surface area contributed by atoms with E-state index in [0.717, 1.165) is 12.8 Å². The first kappa shape index (κ1) is 31.3. The van der Waals surface area contributed by atoms with E-state index in [4.69, 9.17) is 9.47 Å². The van der Waals surface area contributed by atoms with E-state index in [0.29, 0.717) is 12.4 Å². The summed E-state index contributed by atoms with van der Waals surface area (Å²) in [5.74, 6) is -0.570. The fourth-order valence-electron chi connectivity index (χ4n) is 3.92. The van der Waals surface area contributed by atoms with Crippen LogP contribution in [0.5, 0.6) is 0 Å². The maximum atomic E-state index is 11.5. The van der Waals surface area contributed by atoms with E-state index in [1.165, 1.54) is 116 Å². The molecule has 0 aromatic heterocycles. The van der Waals surface area contributed by atoms with Crippen LogP contribution in [0.4, 0.5) is 0 Å². The molecule has 5 heteroatoms. The summed E-state index contributed by atoms with van der Waals surface area (Å²) in [6.45, 7) is 2.91. The van der Waals surface area contributed by atoms with Gasteiger partial charge < -0.3 is 9.47 Å². The van der Waals surface area contributed by atoms with Gasteiger partial charge in [-0.25, -0.2) is 0 Å². The number of thiol groups is 1. The minimum Gasteiger partial charge on any atom is -0.465 e. The van der Waals surface area contributed by atoms with Gasteiger partial charge in [-0.2, -0.15) is 12.6 Å². The van der Waals surface area contributed by atoms with E-state index >= 15 is 0 Å². The zero-order chi connectivity index (χ0) is 23.5. The monoisotopic (exact) mass is 472 g/mol. The molecule has 0 atom stereocenters. The number of ether oxygens (including phenoxy) is 2. The largest absolute Gasteiger partial charge is 0.465 e. The first-order chi connectivity index (χ1) is 15.7. The fourth-order valence-corrected chi connectivity index (χ4v) is 4.01. The lowest BCUT2D eigenvalue weighted by Gasteiger charge is -2.05. The van der Waals surface area contributed by atoms with Crippen molar-refractivity contribution in [1.82, 2.24) is 0 Å². The molecule has 32 heavy (non-hydrogen) atoms. The third-order valence-corrected chi connectivity index (χ3v) is 6.09. The highest BCUT2D eigenvalue weighted by Gasteiger charge is 2.11. The SMILES string of the molecule is CCCCCCCCCCCCCCCCCCCCCCOC(=O)CC(=O)OCCS. The van der Waals surface area contributed by atoms with Crippen molar-refractivity contribution < 1.29 is 19.1 Å². The number of unbranched alkanes of at least 4 members (excludes halogenated alkanes) is 19. The number of carbonyl (C=O) groups is 2. The first-order valence-electron chi connectivity index (χ1n) is 13.6. The number of hydrogen-bond acceptors (Lipinski definition) is 5. The van der Waals surface area contributed by atoms with Gasteiger partial charge in [-0.1, -0.05) is 129 Å². The lowest BCUT2D eigenvalue weighted by Crippen LogP contribution is -2.15. The number of rotatable bonds is 25. The Morgan fingerprint density at radius 1 is 0.500 bits per heavy atom. The molecule has 0 aromatic carbocycles. The standard InChI is InChI=1S/C27H52O4S/c1-2-3-4-5-6-7-8-9-10-11-12-13-14-15-16-17-18-19-20-21-22-30-26(28)25-27(29)31-23-24-32/h32H,2-25H2,1H3. The highest BCUT2D eigenvalue weighted by Crippen LogP contribution is 2.14. The molecule has 0 fully saturated rings. The molecule has 0 saturated carbocycles. The second-order valence-corrected chi connectivity index (χ2v) is 9.51. The van der Waals surface area contributed by atoms with Gasteiger partial charge in [0.1, 0.15) is 13.0 Å². The van der Waals surface area contributed by atoms with Gasteiger partial charge in [-0.15, -0.1) is 0 Å². The summed E-state index contributed by atoms with van der Waals surface area (Å²) in [4.78, 5) is 22.7. The minimum absolute atomic E-state index is 0.231. The zero-order valence-electron chi connectivity index (χ0n) is 21.1. The molecule has 0 aromatic rings. The molecule has 0 aliphatic rings. The maximum Gasteiger partial charge on any atom is 0.317 e. The van der Waals surface area contributed by atoms with Crippen LogP contribution in [0, 0.1) is 0 Å². The molecular formula is C27H52O4S. The Morgan fingerprint density at radius 3 is 1.16 bits per heavy atom. The van der Waals surface area contributed by atoms with Gasteiger partial charge in [-0.05, 0) is 6.42 Å². The van der Waals surface area contributed by atoms with E-state index in [9.17, 15) is 9.59 Å². The summed E-state index contributed by atoms with van der Waals surface area (Å²) < 4.78 is 9.87. The molecule has 0 heterocycles. The maximum absolute atomic E-state index is 11.5. The van der Waals surface area contributed by atoms with Gasteiger partial charge >= 0.3 is 11.9 Å². The van der Waals surface area contributed by atoms with Crippen LogP contribution >= 0.6 is 12.6 Å². The van der Waals surface area contributed by atoms with E-state index in [1.807, 2.05) is 0 Å². The van der Waals surface area contributed by atoms with E-state index in [1.54, 1.807) is 0 Å². The van der Waals surface area contributed by atoms with Crippen LogP contribution in [-0.2, 0) is 19.1 Å². The van der Waals surface area contributed by atoms with Crippen molar-refractivity contribution in [1.29, 1.82) is 0 Å². The predicted octanol–water partition coefficient (Wildman–Crippen LogP) is 8.21. The van der Waals surface area contributed by atoms with Crippen LogP contribution in [0.1, 0.15) is 142 Å². The molecular weight excluding hydrogens is 420 g/mol. The van der Waals surface area contributed by atoms with E-state index in [-0.39, 0.29) is 13.0 Å². The van der Waals surface area contributed by atoms with Crippen molar-refractivity contribution >= 4 is 24.6 Å². The number of esters is 2. The van der Waals surface area contributed by atoms with Gasteiger partial charge in [0.2, 0.25) is 0 Å². The summed E-state index contributed by atoms with van der Waals surface area (Å²) >= 11 is 3.95. The van der Waals surface area contributed by atoms with E-state index < -0.39 is 11.9 Å². The normalized spacial score (nSPS) is 10.9. The molecule has 0 rings (SSSR count). The molecule has 190 valence electrons. The first-order valence-corrected chi connectivity index (χ1v) is 14.3. The molecule has 0 unspecified atom stereocenters. The molecule has 0 spiro atoms. The Labute approximate surface area is 204 Å². The van der Waals surface area contributed by atoms with Crippen LogP contribution < -0.4 is 0 Å². The van der Waals surface area contributed by atoms with Crippen molar-refractivity contribution in [3.8, 4) is 0 Å². The van der Waals surface area contributed by atoms with Gasteiger partial charge in [0.15, 0.2) is 0 Å². The highest BCUT2D eigenvalue weighted by molar-refractivity contribution is 7.80. The predicted molar refractivity (Wildman–Crippen MR) is 138 cm³/mol. The summed E-state index contributed by atoms with van der Waals surface area (Å²) in [6, 6.07) is 0. The molecule has 0 saturated heterocycles. The Hall–Kier alpha value is -0.710. The molecule has 0 aliphatic heterocycles. The van der Waals surface area contributed by atoms with Crippen molar-refractivity contribution in [2.24, 2.45) is 0 Å². The Bertz CT molecular complexity index is 414. The fraction of sp³-hybridized carbons (Fsp3) is 0.926. The average molecular weight is 473 g/mol. The van der Waals surface area contributed by atoms with Gasteiger partial charge in [0, 0.05) is 5.75 Å². The summed E-state index contributed by atoms with van der Waals surface area (Å²) in [7, 11) is 0. The molecule has 0 N–H and O–H groups in total. The highest BCUT2D eigenvalue weighted by atomic mass is 32.1. The summed E-state index contributed by atoms with van der Waals surface area (Å²) in [6.07, 6.45) is 26.7. The van der Waals surface area contributed by atoms with E-state index in [2.05, 4.69) is 19.6 Å².